The number of likely N-dealkylation sites (N-methyl/N-ethyl adjacent to an activating group) is 1. The van der Waals surface area contributed by atoms with Gasteiger partial charge in [0.2, 0.25) is 0 Å². The van der Waals surface area contributed by atoms with Gasteiger partial charge in [0.25, 0.3) is 0 Å². The maximum atomic E-state index is 4.46. The van der Waals surface area contributed by atoms with E-state index in [9.17, 15) is 0 Å². The van der Waals surface area contributed by atoms with E-state index in [4.69, 9.17) is 0 Å². The first-order valence-electron chi connectivity index (χ1n) is 4.73. The zero-order chi connectivity index (χ0) is 9.10. The normalized spacial score (nSPS) is 16.1. The molecule has 0 saturated heterocycles. The van der Waals surface area contributed by atoms with Crippen molar-refractivity contribution in [3.63, 3.8) is 0 Å². The Morgan fingerprint density at radius 2 is 2.38 bits per heavy atom. The molecule has 1 aromatic rings. The van der Waals surface area contributed by atoms with Crippen LogP contribution < -0.4 is 5.32 Å². The lowest BCUT2D eigenvalue weighted by molar-refractivity contribution is 0.721. The number of nitrogens with zero attached hydrogens (tertiary/aromatic N) is 3. The summed E-state index contributed by atoms with van der Waals surface area (Å²) in [6.07, 6.45) is 5.19. The van der Waals surface area contributed by atoms with Gasteiger partial charge in [0.05, 0.1) is 11.9 Å². The summed E-state index contributed by atoms with van der Waals surface area (Å²) < 4.78 is 0. The number of hydrogen-bond donors (Lipinski definition) is 1. The molecule has 1 N–H and O–H groups in total. The summed E-state index contributed by atoms with van der Waals surface area (Å²) in [7, 11) is 1.93. The molecule has 0 amide bonds. The van der Waals surface area contributed by atoms with E-state index in [1.807, 2.05) is 7.05 Å². The number of aromatic nitrogens is 3. The van der Waals surface area contributed by atoms with Crippen LogP contribution in [0.15, 0.2) is 6.20 Å². The molecule has 1 aliphatic rings. The Balaban J connectivity index is 2.03. The van der Waals surface area contributed by atoms with Crippen molar-refractivity contribution in [3.05, 3.63) is 17.7 Å². The Kier molecular flexibility index (Phi) is 2.49. The van der Waals surface area contributed by atoms with Crippen LogP contribution in [0.2, 0.25) is 0 Å². The summed E-state index contributed by atoms with van der Waals surface area (Å²) in [6.45, 7) is 0.912. The monoisotopic (exact) mass is 178 g/mol. The maximum absolute atomic E-state index is 4.46. The molecule has 1 saturated carbocycles. The van der Waals surface area contributed by atoms with Crippen molar-refractivity contribution in [2.75, 3.05) is 13.6 Å². The second kappa shape index (κ2) is 3.79. The standard InChI is InChI=1S/C9H14N4/c1-10-5-4-9-12-8(6-11-13-9)7-2-3-7/h6-7,10H,2-5H2,1H3. The SMILES string of the molecule is CNCCc1nncc(C2CC2)n1. The van der Waals surface area contributed by atoms with Crippen molar-refractivity contribution >= 4 is 0 Å². The predicted molar refractivity (Wildman–Crippen MR) is 49.4 cm³/mol. The van der Waals surface area contributed by atoms with E-state index >= 15 is 0 Å². The molecular weight excluding hydrogens is 164 g/mol. The van der Waals surface area contributed by atoms with Crippen LogP contribution in [0.3, 0.4) is 0 Å². The van der Waals surface area contributed by atoms with Crippen molar-refractivity contribution in [1.29, 1.82) is 0 Å². The van der Waals surface area contributed by atoms with Crippen LogP contribution in [0, 0.1) is 0 Å². The minimum atomic E-state index is 0.670. The molecule has 13 heavy (non-hydrogen) atoms. The summed E-state index contributed by atoms with van der Waals surface area (Å²) >= 11 is 0. The van der Waals surface area contributed by atoms with Crippen molar-refractivity contribution in [2.45, 2.75) is 25.2 Å². The summed E-state index contributed by atoms with van der Waals surface area (Å²) in [5, 5.41) is 11.0. The van der Waals surface area contributed by atoms with Crippen LogP contribution in [0.1, 0.15) is 30.3 Å². The Morgan fingerprint density at radius 3 is 3.08 bits per heavy atom. The van der Waals surface area contributed by atoms with Gasteiger partial charge in [-0.15, -0.1) is 5.10 Å². The Morgan fingerprint density at radius 1 is 1.54 bits per heavy atom. The van der Waals surface area contributed by atoms with Crippen LogP contribution in [0.25, 0.3) is 0 Å². The third-order valence-corrected chi connectivity index (χ3v) is 2.22. The zero-order valence-electron chi connectivity index (χ0n) is 7.82. The first-order valence-corrected chi connectivity index (χ1v) is 4.73. The van der Waals surface area contributed by atoms with Gasteiger partial charge in [-0.1, -0.05) is 0 Å². The Bertz CT molecular complexity index is 283. The molecule has 0 aliphatic heterocycles. The molecule has 2 rings (SSSR count). The van der Waals surface area contributed by atoms with Crippen LogP contribution in [-0.4, -0.2) is 28.8 Å². The minimum Gasteiger partial charge on any atom is -0.319 e. The van der Waals surface area contributed by atoms with E-state index in [-0.39, 0.29) is 0 Å². The molecule has 1 heterocycles. The van der Waals surface area contributed by atoms with Gasteiger partial charge in [-0.05, 0) is 19.9 Å². The second-order valence-electron chi connectivity index (χ2n) is 3.43. The number of rotatable bonds is 4. The first kappa shape index (κ1) is 8.56. The third-order valence-electron chi connectivity index (χ3n) is 2.22. The molecule has 0 spiro atoms. The van der Waals surface area contributed by atoms with Crippen molar-refractivity contribution in [3.8, 4) is 0 Å². The second-order valence-corrected chi connectivity index (χ2v) is 3.43. The van der Waals surface area contributed by atoms with Crippen molar-refractivity contribution in [1.82, 2.24) is 20.5 Å². The Labute approximate surface area is 77.8 Å². The molecule has 0 unspecified atom stereocenters. The molecule has 1 fully saturated rings. The highest BCUT2D eigenvalue weighted by Crippen LogP contribution is 2.38. The summed E-state index contributed by atoms with van der Waals surface area (Å²) in [6, 6.07) is 0. The highest BCUT2D eigenvalue weighted by atomic mass is 15.1. The van der Waals surface area contributed by atoms with Gasteiger partial charge in [-0.25, -0.2) is 4.98 Å². The van der Waals surface area contributed by atoms with E-state index < -0.39 is 0 Å². The summed E-state index contributed by atoms with van der Waals surface area (Å²) in [5.41, 5.74) is 1.13. The fraction of sp³-hybridized carbons (Fsp3) is 0.667. The fourth-order valence-electron chi connectivity index (χ4n) is 1.27. The van der Waals surface area contributed by atoms with Crippen LogP contribution in [-0.2, 0) is 6.42 Å². The van der Waals surface area contributed by atoms with Gasteiger partial charge in [-0.2, -0.15) is 5.10 Å². The maximum Gasteiger partial charge on any atom is 0.152 e. The van der Waals surface area contributed by atoms with Crippen LogP contribution in [0.5, 0.6) is 0 Å². The summed E-state index contributed by atoms with van der Waals surface area (Å²) in [5.74, 6) is 1.53. The van der Waals surface area contributed by atoms with Gasteiger partial charge in [-0.3, -0.25) is 0 Å². The average molecular weight is 178 g/mol. The third kappa shape index (κ3) is 2.21. The molecule has 0 bridgehead atoms. The molecule has 70 valence electrons. The average Bonchev–Trinajstić information content (AvgIpc) is 2.98. The lowest BCUT2D eigenvalue weighted by Crippen LogP contribution is -2.13. The van der Waals surface area contributed by atoms with Gasteiger partial charge >= 0.3 is 0 Å². The first-order chi connectivity index (χ1) is 6.40. The highest BCUT2D eigenvalue weighted by Gasteiger charge is 2.25. The van der Waals surface area contributed by atoms with E-state index in [0.29, 0.717) is 5.92 Å². The fourth-order valence-corrected chi connectivity index (χ4v) is 1.27. The molecule has 4 nitrogen and oxygen atoms in total. The Hall–Kier alpha value is -1.03. The van der Waals surface area contributed by atoms with Gasteiger partial charge in [0.15, 0.2) is 5.82 Å². The molecular formula is C9H14N4. The lowest BCUT2D eigenvalue weighted by atomic mass is 10.3. The molecule has 0 aromatic carbocycles. The quantitative estimate of drug-likeness (QED) is 0.730. The van der Waals surface area contributed by atoms with E-state index in [1.165, 1.54) is 12.8 Å². The predicted octanol–water partition coefficient (Wildman–Crippen LogP) is 0.511. The van der Waals surface area contributed by atoms with E-state index in [1.54, 1.807) is 6.20 Å². The van der Waals surface area contributed by atoms with Crippen molar-refractivity contribution < 1.29 is 0 Å². The van der Waals surface area contributed by atoms with Gasteiger partial charge < -0.3 is 5.32 Å². The number of nitrogens with one attached hydrogen (secondary N) is 1. The smallest absolute Gasteiger partial charge is 0.152 e. The summed E-state index contributed by atoms with van der Waals surface area (Å²) in [4.78, 5) is 4.46. The molecule has 1 aliphatic carbocycles. The van der Waals surface area contributed by atoms with E-state index in [0.717, 1.165) is 24.5 Å². The van der Waals surface area contributed by atoms with Crippen LogP contribution in [0.4, 0.5) is 0 Å². The topological polar surface area (TPSA) is 50.7 Å². The van der Waals surface area contributed by atoms with E-state index in [2.05, 4.69) is 20.5 Å². The lowest BCUT2D eigenvalue weighted by Gasteiger charge is -2.00. The molecule has 4 heteroatoms. The largest absolute Gasteiger partial charge is 0.319 e. The van der Waals surface area contributed by atoms with Crippen LogP contribution >= 0.6 is 0 Å². The van der Waals surface area contributed by atoms with Gasteiger partial charge in [0.1, 0.15) is 0 Å². The molecule has 0 radical (unpaired) electrons. The minimum absolute atomic E-state index is 0.670. The highest BCUT2D eigenvalue weighted by molar-refractivity contribution is 5.10. The number of hydrogen-bond acceptors (Lipinski definition) is 4. The van der Waals surface area contributed by atoms with Crippen molar-refractivity contribution in [2.24, 2.45) is 0 Å². The molecule has 1 aromatic heterocycles. The zero-order valence-corrected chi connectivity index (χ0v) is 7.82. The van der Waals surface area contributed by atoms with Gasteiger partial charge in [0, 0.05) is 18.9 Å². The molecule has 0 atom stereocenters.